The number of carbonyl (C=O) groups excluding carboxylic acids is 1. The predicted molar refractivity (Wildman–Crippen MR) is 51.6 cm³/mol. The quantitative estimate of drug-likeness (QED) is 0.751. The number of hydrogen-bond donors (Lipinski definition) is 1. The van der Waals surface area contributed by atoms with Crippen molar-refractivity contribution >= 4 is 17.5 Å². The molecule has 1 N–H and O–H groups in total. The van der Waals surface area contributed by atoms with Crippen molar-refractivity contribution in [3.05, 3.63) is 11.6 Å². The normalized spacial score (nSPS) is 21.5. The van der Waals surface area contributed by atoms with Crippen molar-refractivity contribution in [2.24, 2.45) is 0 Å². The number of rotatable bonds is 4. The SMILES string of the molecule is C=C(Cl)CNC(=O)CC1CCCO1. The second kappa shape index (κ2) is 5.25. The molecule has 0 spiro atoms. The Morgan fingerprint density at radius 1 is 1.69 bits per heavy atom. The third-order valence-electron chi connectivity index (χ3n) is 1.91. The summed E-state index contributed by atoms with van der Waals surface area (Å²) < 4.78 is 5.31. The van der Waals surface area contributed by atoms with Gasteiger partial charge in [0, 0.05) is 11.6 Å². The molecule has 0 aliphatic carbocycles. The smallest absolute Gasteiger partial charge is 0.222 e. The van der Waals surface area contributed by atoms with E-state index in [1.54, 1.807) is 0 Å². The zero-order valence-electron chi connectivity index (χ0n) is 7.51. The van der Waals surface area contributed by atoms with Gasteiger partial charge >= 0.3 is 0 Å². The summed E-state index contributed by atoms with van der Waals surface area (Å²) in [5, 5.41) is 3.10. The minimum atomic E-state index is -0.0197. The molecular weight excluding hydrogens is 190 g/mol. The molecule has 13 heavy (non-hydrogen) atoms. The van der Waals surface area contributed by atoms with Crippen molar-refractivity contribution in [2.45, 2.75) is 25.4 Å². The van der Waals surface area contributed by atoms with Crippen LogP contribution in [0.25, 0.3) is 0 Å². The highest BCUT2D eigenvalue weighted by Gasteiger charge is 2.18. The molecule has 74 valence electrons. The highest BCUT2D eigenvalue weighted by molar-refractivity contribution is 6.29. The first-order valence-electron chi connectivity index (χ1n) is 4.40. The summed E-state index contributed by atoms with van der Waals surface area (Å²) in [6.45, 7) is 4.60. The fourth-order valence-electron chi connectivity index (χ4n) is 1.28. The fourth-order valence-corrected chi connectivity index (χ4v) is 1.35. The van der Waals surface area contributed by atoms with Crippen molar-refractivity contribution < 1.29 is 9.53 Å². The zero-order chi connectivity index (χ0) is 9.68. The largest absolute Gasteiger partial charge is 0.378 e. The van der Waals surface area contributed by atoms with Crippen LogP contribution >= 0.6 is 11.6 Å². The first kappa shape index (κ1) is 10.5. The van der Waals surface area contributed by atoms with Crippen LogP contribution in [0.5, 0.6) is 0 Å². The lowest BCUT2D eigenvalue weighted by atomic mass is 10.2. The average molecular weight is 204 g/mol. The summed E-state index contributed by atoms with van der Waals surface area (Å²) in [5.41, 5.74) is 0. The van der Waals surface area contributed by atoms with E-state index in [2.05, 4.69) is 11.9 Å². The monoisotopic (exact) mass is 203 g/mol. The molecule has 0 bridgehead atoms. The molecule has 0 radical (unpaired) electrons. The van der Waals surface area contributed by atoms with E-state index in [9.17, 15) is 4.79 Å². The first-order valence-corrected chi connectivity index (χ1v) is 4.78. The Bertz CT molecular complexity index is 200. The summed E-state index contributed by atoms with van der Waals surface area (Å²) >= 11 is 5.50. The molecular formula is C9H14ClNO2. The Hall–Kier alpha value is -0.540. The van der Waals surface area contributed by atoms with E-state index in [1.807, 2.05) is 0 Å². The van der Waals surface area contributed by atoms with Crippen LogP contribution < -0.4 is 5.32 Å². The second-order valence-electron chi connectivity index (χ2n) is 3.13. The van der Waals surface area contributed by atoms with Gasteiger partial charge in [-0.1, -0.05) is 18.2 Å². The minimum Gasteiger partial charge on any atom is -0.378 e. The summed E-state index contributed by atoms with van der Waals surface area (Å²) in [6, 6.07) is 0. The van der Waals surface area contributed by atoms with E-state index in [0.717, 1.165) is 19.4 Å². The maximum atomic E-state index is 11.2. The maximum Gasteiger partial charge on any atom is 0.222 e. The lowest BCUT2D eigenvalue weighted by Crippen LogP contribution is -2.28. The van der Waals surface area contributed by atoms with E-state index in [4.69, 9.17) is 16.3 Å². The Morgan fingerprint density at radius 2 is 2.46 bits per heavy atom. The van der Waals surface area contributed by atoms with Crippen LogP contribution in [0.1, 0.15) is 19.3 Å². The molecule has 1 heterocycles. The zero-order valence-corrected chi connectivity index (χ0v) is 8.27. The first-order chi connectivity index (χ1) is 6.18. The molecule has 1 fully saturated rings. The van der Waals surface area contributed by atoms with Crippen molar-refractivity contribution in [2.75, 3.05) is 13.2 Å². The topological polar surface area (TPSA) is 38.3 Å². The van der Waals surface area contributed by atoms with E-state index >= 15 is 0 Å². The van der Waals surface area contributed by atoms with E-state index in [0.29, 0.717) is 18.0 Å². The highest BCUT2D eigenvalue weighted by Crippen LogP contribution is 2.14. The molecule has 1 rings (SSSR count). The Labute approximate surface area is 83.1 Å². The van der Waals surface area contributed by atoms with Crippen molar-refractivity contribution in [3.63, 3.8) is 0 Å². The van der Waals surface area contributed by atoms with Gasteiger partial charge in [0.15, 0.2) is 0 Å². The van der Waals surface area contributed by atoms with Gasteiger partial charge in [-0.05, 0) is 12.8 Å². The summed E-state index contributed by atoms with van der Waals surface area (Å²) in [7, 11) is 0. The van der Waals surface area contributed by atoms with Gasteiger partial charge in [-0.3, -0.25) is 4.79 Å². The highest BCUT2D eigenvalue weighted by atomic mass is 35.5. The van der Waals surface area contributed by atoms with Crippen LogP contribution in [-0.2, 0) is 9.53 Å². The molecule has 1 unspecified atom stereocenters. The lowest BCUT2D eigenvalue weighted by Gasteiger charge is -2.08. The summed E-state index contributed by atoms with van der Waals surface area (Å²) in [6.07, 6.45) is 2.57. The molecule has 1 amide bonds. The molecule has 1 aliphatic rings. The van der Waals surface area contributed by atoms with Gasteiger partial charge in [0.05, 0.1) is 19.1 Å². The Balaban J connectivity index is 2.13. The predicted octanol–water partition coefficient (Wildman–Crippen LogP) is 1.42. The molecule has 3 nitrogen and oxygen atoms in total. The van der Waals surface area contributed by atoms with Crippen LogP contribution in [0.4, 0.5) is 0 Å². The van der Waals surface area contributed by atoms with E-state index < -0.39 is 0 Å². The van der Waals surface area contributed by atoms with Gasteiger partial charge in [0.2, 0.25) is 5.91 Å². The fraction of sp³-hybridized carbons (Fsp3) is 0.667. The van der Waals surface area contributed by atoms with Gasteiger partial charge in [0.25, 0.3) is 0 Å². The summed E-state index contributed by atoms with van der Waals surface area (Å²) in [5.74, 6) is -0.0197. The molecule has 0 aromatic heterocycles. The van der Waals surface area contributed by atoms with Gasteiger partial charge < -0.3 is 10.1 Å². The second-order valence-corrected chi connectivity index (χ2v) is 3.67. The minimum absolute atomic E-state index is 0.0197. The van der Waals surface area contributed by atoms with Crippen LogP contribution in [0.3, 0.4) is 0 Å². The van der Waals surface area contributed by atoms with Gasteiger partial charge in [0.1, 0.15) is 0 Å². The standard InChI is InChI=1S/C9H14ClNO2/c1-7(10)6-11-9(12)5-8-3-2-4-13-8/h8H,1-6H2,(H,11,12). The molecule has 4 heteroatoms. The van der Waals surface area contributed by atoms with Crippen LogP contribution in [-0.4, -0.2) is 25.2 Å². The molecule has 1 saturated heterocycles. The Kier molecular flexibility index (Phi) is 4.25. The number of amides is 1. The molecule has 0 aromatic rings. The third kappa shape index (κ3) is 4.29. The van der Waals surface area contributed by atoms with Crippen molar-refractivity contribution in [1.82, 2.24) is 5.32 Å². The van der Waals surface area contributed by atoms with Crippen LogP contribution in [0.2, 0.25) is 0 Å². The number of carbonyl (C=O) groups is 1. The maximum absolute atomic E-state index is 11.2. The number of halogens is 1. The molecule has 0 saturated carbocycles. The van der Waals surface area contributed by atoms with Crippen LogP contribution in [0.15, 0.2) is 11.6 Å². The van der Waals surface area contributed by atoms with E-state index in [-0.39, 0.29) is 12.0 Å². The number of hydrogen-bond acceptors (Lipinski definition) is 2. The van der Waals surface area contributed by atoms with E-state index in [1.165, 1.54) is 0 Å². The molecule has 1 atom stereocenters. The van der Waals surface area contributed by atoms with Gasteiger partial charge in [-0.2, -0.15) is 0 Å². The van der Waals surface area contributed by atoms with Crippen LogP contribution in [0, 0.1) is 0 Å². The molecule has 0 aromatic carbocycles. The average Bonchev–Trinajstić information content (AvgIpc) is 2.53. The van der Waals surface area contributed by atoms with Crippen molar-refractivity contribution in [3.8, 4) is 0 Å². The third-order valence-corrected chi connectivity index (χ3v) is 2.05. The van der Waals surface area contributed by atoms with Gasteiger partial charge in [-0.15, -0.1) is 0 Å². The number of ether oxygens (including phenoxy) is 1. The van der Waals surface area contributed by atoms with Crippen molar-refractivity contribution in [1.29, 1.82) is 0 Å². The van der Waals surface area contributed by atoms with Gasteiger partial charge in [-0.25, -0.2) is 0 Å². The summed E-state index contributed by atoms with van der Waals surface area (Å²) in [4.78, 5) is 11.2. The molecule has 1 aliphatic heterocycles. The lowest BCUT2D eigenvalue weighted by molar-refractivity contribution is -0.123. The number of nitrogens with one attached hydrogen (secondary N) is 1. The Morgan fingerprint density at radius 3 is 3.00 bits per heavy atom.